The number of carbonyl (C=O) groups is 2. The number of rotatable bonds is 6. The summed E-state index contributed by atoms with van der Waals surface area (Å²) in [5, 5.41) is 5.20. The molecule has 0 atom stereocenters. The molecule has 5 nitrogen and oxygen atoms in total. The van der Waals surface area contributed by atoms with Crippen LogP contribution in [0.2, 0.25) is 0 Å². The van der Waals surface area contributed by atoms with Gasteiger partial charge in [-0.05, 0) is 48.5 Å². The Morgan fingerprint density at radius 2 is 1.52 bits per heavy atom. The molecule has 2 N–H and O–H groups in total. The van der Waals surface area contributed by atoms with Crippen molar-refractivity contribution >= 4 is 17.5 Å². The van der Waals surface area contributed by atoms with Crippen LogP contribution in [0.15, 0.2) is 78.9 Å². The molecule has 0 spiro atoms. The second-order valence-corrected chi connectivity index (χ2v) is 5.65. The Morgan fingerprint density at radius 3 is 2.26 bits per heavy atom. The van der Waals surface area contributed by atoms with Crippen molar-refractivity contribution in [2.75, 3.05) is 11.9 Å². The van der Waals surface area contributed by atoms with E-state index in [9.17, 15) is 14.0 Å². The average molecular weight is 364 g/mol. The van der Waals surface area contributed by atoms with Crippen molar-refractivity contribution in [1.29, 1.82) is 0 Å². The highest BCUT2D eigenvalue weighted by Crippen LogP contribution is 2.28. The van der Waals surface area contributed by atoms with Crippen LogP contribution in [0.25, 0.3) is 0 Å². The number of ether oxygens (including phenoxy) is 1. The Balaban J connectivity index is 1.59. The van der Waals surface area contributed by atoms with Crippen LogP contribution in [-0.2, 0) is 4.79 Å². The van der Waals surface area contributed by atoms with Crippen LogP contribution in [0.3, 0.4) is 0 Å². The van der Waals surface area contributed by atoms with E-state index < -0.39 is 17.6 Å². The molecule has 0 unspecified atom stereocenters. The largest absolute Gasteiger partial charge is 0.455 e. The molecule has 6 heteroatoms. The first-order valence-corrected chi connectivity index (χ1v) is 8.27. The smallest absolute Gasteiger partial charge is 0.251 e. The van der Waals surface area contributed by atoms with E-state index in [4.69, 9.17) is 4.74 Å². The third-order valence-corrected chi connectivity index (χ3v) is 3.65. The molecule has 0 radical (unpaired) electrons. The van der Waals surface area contributed by atoms with Crippen molar-refractivity contribution in [2.45, 2.75) is 0 Å². The number of benzene rings is 3. The molecule has 136 valence electrons. The van der Waals surface area contributed by atoms with Crippen LogP contribution in [0.1, 0.15) is 10.4 Å². The van der Waals surface area contributed by atoms with E-state index in [1.807, 2.05) is 30.3 Å². The minimum atomic E-state index is -0.459. The molecular weight excluding hydrogens is 347 g/mol. The van der Waals surface area contributed by atoms with Crippen LogP contribution >= 0.6 is 0 Å². The monoisotopic (exact) mass is 364 g/mol. The van der Waals surface area contributed by atoms with Crippen molar-refractivity contribution in [3.63, 3.8) is 0 Å². The lowest BCUT2D eigenvalue weighted by Crippen LogP contribution is -2.32. The van der Waals surface area contributed by atoms with Gasteiger partial charge in [0.15, 0.2) is 5.75 Å². The Morgan fingerprint density at radius 1 is 0.852 bits per heavy atom. The Hall–Kier alpha value is -3.67. The van der Waals surface area contributed by atoms with Gasteiger partial charge >= 0.3 is 0 Å². The number of amides is 2. The van der Waals surface area contributed by atoms with Crippen LogP contribution in [0.5, 0.6) is 11.5 Å². The molecule has 0 saturated carbocycles. The SMILES string of the molecule is O=C(CNC(=O)c1ccc(F)cc1)Nc1ccccc1Oc1ccccc1. The third-order valence-electron chi connectivity index (χ3n) is 3.65. The average Bonchev–Trinajstić information content (AvgIpc) is 2.69. The van der Waals surface area contributed by atoms with Gasteiger partial charge in [-0.1, -0.05) is 30.3 Å². The molecule has 0 bridgehead atoms. The van der Waals surface area contributed by atoms with Crippen molar-refractivity contribution < 1.29 is 18.7 Å². The Labute approximate surface area is 155 Å². The van der Waals surface area contributed by atoms with Gasteiger partial charge in [-0.15, -0.1) is 0 Å². The summed E-state index contributed by atoms with van der Waals surface area (Å²) >= 11 is 0. The standard InChI is InChI=1S/C21H17FN2O3/c22-16-12-10-15(11-13-16)21(26)23-14-20(25)24-18-8-4-5-9-19(18)27-17-6-2-1-3-7-17/h1-13H,14H2,(H,23,26)(H,24,25). The van der Waals surface area contributed by atoms with Gasteiger partial charge in [0.05, 0.1) is 12.2 Å². The van der Waals surface area contributed by atoms with Gasteiger partial charge in [-0.3, -0.25) is 9.59 Å². The zero-order valence-electron chi connectivity index (χ0n) is 14.3. The van der Waals surface area contributed by atoms with E-state index in [0.29, 0.717) is 17.2 Å². The molecule has 0 aliphatic rings. The zero-order valence-corrected chi connectivity index (χ0v) is 14.3. The fraction of sp³-hybridized carbons (Fsp3) is 0.0476. The fourth-order valence-corrected chi connectivity index (χ4v) is 2.33. The zero-order chi connectivity index (χ0) is 19.1. The van der Waals surface area contributed by atoms with E-state index in [2.05, 4.69) is 10.6 Å². The molecule has 0 fully saturated rings. The molecular formula is C21H17FN2O3. The first kappa shape index (κ1) is 18.1. The summed E-state index contributed by atoms with van der Waals surface area (Å²) in [6, 6.07) is 21.3. The summed E-state index contributed by atoms with van der Waals surface area (Å²) in [7, 11) is 0. The second kappa shape index (κ2) is 8.62. The molecule has 3 rings (SSSR count). The minimum absolute atomic E-state index is 0.226. The molecule has 0 aliphatic carbocycles. The van der Waals surface area contributed by atoms with E-state index >= 15 is 0 Å². The van der Waals surface area contributed by atoms with Gasteiger partial charge in [0.2, 0.25) is 5.91 Å². The molecule has 27 heavy (non-hydrogen) atoms. The van der Waals surface area contributed by atoms with Gasteiger partial charge in [-0.25, -0.2) is 4.39 Å². The van der Waals surface area contributed by atoms with Crippen molar-refractivity contribution in [2.24, 2.45) is 0 Å². The number of hydrogen-bond acceptors (Lipinski definition) is 3. The van der Waals surface area contributed by atoms with Crippen LogP contribution in [-0.4, -0.2) is 18.4 Å². The van der Waals surface area contributed by atoms with Crippen molar-refractivity contribution in [3.05, 3.63) is 90.2 Å². The predicted molar refractivity (Wildman–Crippen MR) is 100 cm³/mol. The summed E-state index contributed by atoms with van der Waals surface area (Å²) in [5.74, 6) is -0.168. The first-order chi connectivity index (χ1) is 13.1. The highest BCUT2D eigenvalue weighted by molar-refractivity contribution is 5.99. The van der Waals surface area contributed by atoms with Gasteiger partial charge in [0.25, 0.3) is 5.91 Å². The summed E-state index contributed by atoms with van der Waals surface area (Å²) in [4.78, 5) is 24.1. The first-order valence-electron chi connectivity index (χ1n) is 8.27. The summed E-state index contributed by atoms with van der Waals surface area (Å²) < 4.78 is 18.7. The quantitative estimate of drug-likeness (QED) is 0.695. The predicted octanol–water partition coefficient (Wildman–Crippen LogP) is 3.99. The summed E-state index contributed by atoms with van der Waals surface area (Å²) in [5.41, 5.74) is 0.763. The molecule has 0 saturated heterocycles. The van der Waals surface area contributed by atoms with E-state index in [1.165, 1.54) is 24.3 Å². The van der Waals surface area contributed by atoms with Crippen molar-refractivity contribution in [3.8, 4) is 11.5 Å². The van der Waals surface area contributed by atoms with Crippen molar-refractivity contribution in [1.82, 2.24) is 5.32 Å². The minimum Gasteiger partial charge on any atom is -0.455 e. The number of halogens is 1. The molecule has 0 aromatic heterocycles. The highest BCUT2D eigenvalue weighted by atomic mass is 19.1. The van der Waals surface area contributed by atoms with Gasteiger partial charge < -0.3 is 15.4 Å². The number of carbonyl (C=O) groups excluding carboxylic acids is 2. The van der Waals surface area contributed by atoms with Gasteiger partial charge in [0, 0.05) is 5.56 Å². The topological polar surface area (TPSA) is 67.4 Å². The third kappa shape index (κ3) is 5.15. The summed E-state index contributed by atoms with van der Waals surface area (Å²) in [6.45, 7) is -0.226. The van der Waals surface area contributed by atoms with Gasteiger partial charge in [-0.2, -0.15) is 0 Å². The maximum absolute atomic E-state index is 12.9. The lowest BCUT2D eigenvalue weighted by Gasteiger charge is -2.12. The number of hydrogen-bond donors (Lipinski definition) is 2. The number of anilines is 1. The molecule has 0 aliphatic heterocycles. The van der Waals surface area contributed by atoms with E-state index in [1.54, 1.807) is 24.3 Å². The molecule has 3 aromatic rings. The molecule has 3 aromatic carbocycles. The normalized spacial score (nSPS) is 10.1. The van der Waals surface area contributed by atoms with E-state index in [0.717, 1.165) is 0 Å². The van der Waals surface area contributed by atoms with Crippen LogP contribution in [0, 0.1) is 5.82 Å². The van der Waals surface area contributed by atoms with Crippen LogP contribution < -0.4 is 15.4 Å². The highest BCUT2D eigenvalue weighted by Gasteiger charge is 2.11. The maximum Gasteiger partial charge on any atom is 0.251 e. The summed E-state index contributed by atoms with van der Waals surface area (Å²) in [6.07, 6.45) is 0. The van der Waals surface area contributed by atoms with E-state index in [-0.39, 0.29) is 12.1 Å². The maximum atomic E-state index is 12.9. The fourth-order valence-electron chi connectivity index (χ4n) is 2.33. The molecule has 0 heterocycles. The Bertz CT molecular complexity index is 928. The number of para-hydroxylation sites is 3. The lowest BCUT2D eigenvalue weighted by molar-refractivity contribution is -0.115. The second-order valence-electron chi connectivity index (χ2n) is 5.65. The van der Waals surface area contributed by atoms with Gasteiger partial charge in [0.1, 0.15) is 11.6 Å². The lowest BCUT2D eigenvalue weighted by atomic mass is 10.2. The Kier molecular flexibility index (Phi) is 5.79. The van der Waals surface area contributed by atoms with Crippen LogP contribution in [0.4, 0.5) is 10.1 Å². The molecule has 2 amide bonds. The number of nitrogens with one attached hydrogen (secondary N) is 2.